The minimum absolute atomic E-state index is 0.0253. The van der Waals surface area contributed by atoms with Gasteiger partial charge in [-0.3, -0.25) is 19.5 Å². The van der Waals surface area contributed by atoms with Crippen LogP contribution >= 0.6 is 0 Å². The van der Waals surface area contributed by atoms with E-state index in [1.54, 1.807) is 0 Å². The molecule has 7 rings (SSSR count). The summed E-state index contributed by atoms with van der Waals surface area (Å²) in [7, 11) is 0. The van der Waals surface area contributed by atoms with Crippen molar-refractivity contribution in [2.45, 2.75) is 102 Å². The van der Waals surface area contributed by atoms with E-state index in [1.165, 1.54) is 58.3 Å². The van der Waals surface area contributed by atoms with Gasteiger partial charge >= 0.3 is 5.69 Å². The van der Waals surface area contributed by atoms with Crippen LogP contribution in [0.25, 0.3) is 16.9 Å². The number of fused-ring (bicyclic) bond motifs is 5. The zero-order valence-corrected chi connectivity index (χ0v) is 22.9. The molecule has 9 heteroatoms. The maximum absolute atomic E-state index is 14.1. The van der Waals surface area contributed by atoms with Gasteiger partial charge in [-0.25, -0.2) is 9.78 Å². The van der Waals surface area contributed by atoms with E-state index in [4.69, 9.17) is 0 Å². The van der Waals surface area contributed by atoms with Crippen LogP contribution in [0.1, 0.15) is 82.9 Å². The lowest BCUT2D eigenvalue weighted by Gasteiger charge is -2.56. The molecule has 2 aliphatic heterocycles. The molecule has 2 aromatic heterocycles. The fourth-order valence-electron chi connectivity index (χ4n) is 8.59. The zero-order chi connectivity index (χ0) is 26.8. The number of nitrogens with zero attached hydrogens (tertiary/aromatic N) is 5. The molecule has 7 atom stereocenters. The van der Waals surface area contributed by atoms with Crippen LogP contribution in [0.2, 0.25) is 0 Å². The van der Waals surface area contributed by atoms with E-state index in [-0.39, 0.29) is 23.1 Å². The molecular weight excluding hydrogens is 492 g/mol. The molecule has 2 saturated carbocycles. The van der Waals surface area contributed by atoms with Crippen molar-refractivity contribution in [3.05, 3.63) is 61.2 Å². The van der Waals surface area contributed by atoms with Crippen molar-refractivity contribution in [2.24, 2.45) is 17.8 Å². The quantitative estimate of drug-likeness (QED) is 0.553. The number of aromatic amines is 1. The van der Waals surface area contributed by atoms with Gasteiger partial charge in [0, 0.05) is 24.2 Å². The molecular formula is C30H38N6O3. The number of nitrogens with one attached hydrogen (secondary N) is 1. The Bertz CT molecular complexity index is 1580. The molecule has 206 valence electrons. The van der Waals surface area contributed by atoms with Crippen molar-refractivity contribution in [3.8, 4) is 5.82 Å². The van der Waals surface area contributed by atoms with Gasteiger partial charge in [0.1, 0.15) is 5.69 Å². The number of aryl methyl sites for hydroxylation is 1. The van der Waals surface area contributed by atoms with Gasteiger partial charge in [0.05, 0.1) is 11.0 Å². The second-order valence-electron chi connectivity index (χ2n) is 12.7. The van der Waals surface area contributed by atoms with Crippen molar-refractivity contribution in [1.29, 1.82) is 0 Å². The molecule has 39 heavy (non-hydrogen) atoms. The van der Waals surface area contributed by atoms with Crippen molar-refractivity contribution < 1.29 is 0 Å². The monoisotopic (exact) mass is 530 g/mol. The first-order valence-electron chi connectivity index (χ1n) is 14.9. The largest absolute Gasteiger partial charge is 0.351 e. The molecule has 4 heterocycles. The van der Waals surface area contributed by atoms with Crippen LogP contribution in [-0.4, -0.2) is 47.3 Å². The number of rotatable bonds is 3. The Morgan fingerprint density at radius 1 is 0.872 bits per heavy atom. The number of hydrogen-bond acceptors (Lipinski definition) is 6. The number of para-hydroxylation sites is 2. The van der Waals surface area contributed by atoms with Gasteiger partial charge in [-0.1, -0.05) is 38.3 Å². The van der Waals surface area contributed by atoms with Crippen LogP contribution in [0, 0.1) is 24.7 Å². The van der Waals surface area contributed by atoms with Crippen LogP contribution in [0.3, 0.4) is 0 Å². The third kappa shape index (κ3) is 4.20. The van der Waals surface area contributed by atoms with E-state index >= 15 is 0 Å². The summed E-state index contributed by atoms with van der Waals surface area (Å²) in [5.41, 5.74) is -0.0823. The molecule has 0 unspecified atom stereocenters. The van der Waals surface area contributed by atoms with Crippen LogP contribution < -0.4 is 16.8 Å². The van der Waals surface area contributed by atoms with Crippen molar-refractivity contribution in [3.63, 3.8) is 0 Å². The third-order valence-corrected chi connectivity index (χ3v) is 10.4. The SMILES string of the molecule is Cc1nn(-c2nc3ccccc3n([C@H]3C[C@H]4CCC[C@@H](C3)N4[C@@H]3C[C@H]4CC[C@H](C)[C@H](C4)C3)c2=O)c(=O)[nH]c1=O. The molecule has 9 nitrogen and oxygen atoms in total. The van der Waals surface area contributed by atoms with Gasteiger partial charge < -0.3 is 4.57 Å². The maximum atomic E-state index is 14.1. The Morgan fingerprint density at radius 2 is 1.64 bits per heavy atom. The van der Waals surface area contributed by atoms with Gasteiger partial charge in [0.2, 0.25) is 5.82 Å². The highest BCUT2D eigenvalue weighted by Crippen LogP contribution is 2.49. The topological polar surface area (TPSA) is 106 Å². The highest BCUT2D eigenvalue weighted by molar-refractivity contribution is 5.75. The molecule has 0 spiro atoms. The Kier molecular flexibility index (Phi) is 6.10. The van der Waals surface area contributed by atoms with Gasteiger partial charge in [-0.15, -0.1) is 0 Å². The lowest BCUT2D eigenvalue weighted by Crippen LogP contribution is -2.59. The first-order chi connectivity index (χ1) is 18.9. The smallest absolute Gasteiger partial charge is 0.300 e. The van der Waals surface area contributed by atoms with E-state index in [9.17, 15) is 14.4 Å². The van der Waals surface area contributed by atoms with Crippen molar-refractivity contribution in [2.75, 3.05) is 0 Å². The van der Waals surface area contributed by atoms with E-state index < -0.39 is 11.2 Å². The van der Waals surface area contributed by atoms with Gasteiger partial charge in [0.25, 0.3) is 11.1 Å². The summed E-state index contributed by atoms with van der Waals surface area (Å²) in [5.74, 6) is 2.53. The molecule has 0 radical (unpaired) electrons. The summed E-state index contributed by atoms with van der Waals surface area (Å²) >= 11 is 0. The van der Waals surface area contributed by atoms with Crippen LogP contribution in [0.5, 0.6) is 0 Å². The minimum atomic E-state index is -0.749. The standard InChI is InChI=1S/C30H38N6O3/c1-17-10-11-19-12-20(17)14-23(13-19)34-21-6-5-7-22(34)16-24(15-21)35-26-9-4-3-8-25(26)31-27(29(35)38)36-30(39)32-28(37)18(2)33-36/h3-4,8-9,17,19-24H,5-7,10-16H2,1-2H3,(H,32,37,39)/t17-,19-,20+,21-,22+,23+,24+/m0/s1. The Hall–Kier alpha value is -3.07. The molecule has 2 saturated heterocycles. The lowest BCUT2D eigenvalue weighted by atomic mass is 9.64. The fourth-order valence-corrected chi connectivity index (χ4v) is 8.59. The minimum Gasteiger partial charge on any atom is -0.300 e. The average Bonchev–Trinajstić information content (AvgIpc) is 2.92. The van der Waals surface area contributed by atoms with Gasteiger partial charge in [-0.2, -0.15) is 9.78 Å². The summed E-state index contributed by atoms with van der Waals surface area (Å²) in [5, 5.41) is 4.14. The molecule has 4 bridgehead atoms. The zero-order valence-electron chi connectivity index (χ0n) is 22.9. The Balaban J connectivity index is 1.28. The molecule has 4 aliphatic rings. The number of hydrogen-bond donors (Lipinski definition) is 1. The van der Waals surface area contributed by atoms with E-state index in [1.807, 2.05) is 28.8 Å². The summed E-state index contributed by atoms with van der Waals surface area (Å²) < 4.78 is 2.84. The van der Waals surface area contributed by atoms with Crippen LogP contribution in [0.4, 0.5) is 0 Å². The molecule has 3 aromatic rings. The Morgan fingerprint density at radius 3 is 2.44 bits per heavy atom. The molecule has 1 N–H and O–H groups in total. The van der Waals surface area contributed by atoms with Gasteiger partial charge in [0.15, 0.2) is 0 Å². The predicted molar refractivity (Wildman–Crippen MR) is 149 cm³/mol. The van der Waals surface area contributed by atoms with E-state index in [2.05, 4.69) is 26.9 Å². The number of aromatic nitrogens is 5. The highest BCUT2D eigenvalue weighted by atomic mass is 16.2. The maximum Gasteiger partial charge on any atom is 0.351 e. The fraction of sp³-hybridized carbons (Fsp3) is 0.633. The second kappa shape index (κ2) is 9.54. The molecule has 1 aromatic carbocycles. The first-order valence-corrected chi connectivity index (χ1v) is 14.9. The predicted octanol–water partition coefficient (Wildman–Crippen LogP) is 3.71. The second-order valence-corrected chi connectivity index (χ2v) is 12.7. The molecule has 4 fully saturated rings. The molecule has 0 amide bonds. The van der Waals surface area contributed by atoms with E-state index in [0.717, 1.165) is 40.8 Å². The third-order valence-electron chi connectivity index (χ3n) is 10.4. The number of piperidine rings is 2. The summed E-state index contributed by atoms with van der Waals surface area (Å²) in [4.78, 5) is 48.5. The first kappa shape index (κ1) is 24.9. The average molecular weight is 531 g/mol. The van der Waals surface area contributed by atoms with Crippen molar-refractivity contribution >= 4 is 11.0 Å². The summed E-state index contributed by atoms with van der Waals surface area (Å²) in [6.45, 7) is 3.98. The Labute approximate surface area is 227 Å². The lowest BCUT2D eigenvalue weighted by molar-refractivity contribution is -0.0551. The summed E-state index contributed by atoms with van der Waals surface area (Å²) in [6, 6.07) is 9.29. The summed E-state index contributed by atoms with van der Waals surface area (Å²) in [6.07, 6.45) is 12.3. The van der Waals surface area contributed by atoms with Gasteiger partial charge in [-0.05, 0) is 81.8 Å². The van der Waals surface area contributed by atoms with Crippen LogP contribution in [0.15, 0.2) is 38.6 Å². The number of benzene rings is 1. The highest BCUT2D eigenvalue weighted by Gasteiger charge is 2.46. The number of H-pyrrole nitrogens is 1. The van der Waals surface area contributed by atoms with E-state index in [0.29, 0.717) is 23.6 Å². The van der Waals surface area contributed by atoms with Crippen molar-refractivity contribution in [1.82, 2.24) is 29.2 Å². The molecule has 2 aliphatic carbocycles. The van der Waals surface area contributed by atoms with Crippen LogP contribution in [-0.2, 0) is 0 Å². The normalized spacial score (nSPS) is 32.8.